The van der Waals surface area contributed by atoms with E-state index in [1.807, 2.05) is 13.8 Å². The third-order valence-electron chi connectivity index (χ3n) is 2.64. The molecule has 18 heavy (non-hydrogen) atoms. The molecule has 0 radical (unpaired) electrons. The number of hydrogen-bond acceptors (Lipinski definition) is 2. The average Bonchev–Trinajstić information content (AvgIpc) is 2.29. The molecule has 1 rings (SSSR count). The van der Waals surface area contributed by atoms with Crippen molar-refractivity contribution in [2.45, 2.75) is 46.5 Å². The van der Waals surface area contributed by atoms with E-state index in [-0.39, 0.29) is 17.0 Å². The highest BCUT2D eigenvalue weighted by Gasteiger charge is 1.96. The third kappa shape index (κ3) is 4.35. The molecule has 0 atom stereocenters. The van der Waals surface area contributed by atoms with Crippen LogP contribution in [0.5, 0.6) is 0 Å². The Morgan fingerprint density at radius 3 is 2.28 bits per heavy atom. The zero-order chi connectivity index (χ0) is 13.5. The minimum absolute atomic E-state index is 0.223. The Hall–Kier alpha value is -1.58. The number of aromatic nitrogens is 2. The Bertz CT molecular complexity index is 593. The van der Waals surface area contributed by atoms with Gasteiger partial charge in [-0.3, -0.25) is 9.59 Å². The van der Waals surface area contributed by atoms with E-state index in [4.69, 9.17) is 0 Å². The van der Waals surface area contributed by atoms with Crippen molar-refractivity contribution in [2.24, 2.45) is 5.92 Å². The molecular weight excluding hydrogens is 228 g/mol. The first-order valence-corrected chi connectivity index (χ1v) is 6.59. The molecule has 1 aromatic rings. The van der Waals surface area contributed by atoms with Crippen molar-refractivity contribution in [3.63, 3.8) is 0 Å². The summed E-state index contributed by atoms with van der Waals surface area (Å²) in [5.41, 5.74) is -0.456. The molecule has 0 spiro atoms. The van der Waals surface area contributed by atoms with Gasteiger partial charge in [-0.05, 0) is 18.8 Å². The van der Waals surface area contributed by atoms with Crippen LogP contribution in [-0.4, -0.2) is 9.97 Å². The van der Waals surface area contributed by atoms with Gasteiger partial charge in [0.2, 0.25) is 0 Å². The van der Waals surface area contributed by atoms with Gasteiger partial charge < -0.3 is 9.97 Å². The number of rotatable bonds is 5. The third-order valence-corrected chi connectivity index (χ3v) is 2.64. The number of aromatic amines is 2. The largest absolute Gasteiger partial charge is 0.316 e. The summed E-state index contributed by atoms with van der Waals surface area (Å²) in [7, 11) is 0. The molecule has 0 saturated heterocycles. The van der Waals surface area contributed by atoms with E-state index < -0.39 is 0 Å². The Balaban J connectivity index is 3.09. The van der Waals surface area contributed by atoms with Crippen LogP contribution in [0.3, 0.4) is 0 Å². The summed E-state index contributed by atoms with van der Waals surface area (Å²) in [6, 6.07) is 0. The molecule has 0 aliphatic carbocycles. The molecular formula is C14H22N2O2. The van der Waals surface area contributed by atoms with Gasteiger partial charge in [0, 0.05) is 0 Å². The van der Waals surface area contributed by atoms with Crippen LogP contribution < -0.4 is 21.8 Å². The summed E-state index contributed by atoms with van der Waals surface area (Å²) in [5, 5.41) is 0.720. The Morgan fingerprint density at radius 1 is 1.06 bits per heavy atom. The quantitative estimate of drug-likeness (QED) is 0.761. The van der Waals surface area contributed by atoms with Gasteiger partial charge in [0.05, 0.1) is 0 Å². The topological polar surface area (TPSA) is 65.7 Å². The highest BCUT2D eigenvalue weighted by Crippen LogP contribution is 1.98. The van der Waals surface area contributed by atoms with Crippen LogP contribution in [0.25, 0.3) is 12.2 Å². The smallest absolute Gasteiger partial charge is 0.271 e. The van der Waals surface area contributed by atoms with Crippen LogP contribution in [0.4, 0.5) is 0 Å². The summed E-state index contributed by atoms with van der Waals surface area (Å²) in [4.78, 5) is 28.8. The first-order valence-electron chi connectivity index (χ1n) is 6.59. The Labute approximate surface area is 106 Å². The maximum absolute atomic E-state index is 11.8. The predicted octanol–water partition coefficient (Wildman–Crippen LogP) is 0.860. The van der Waals surface area contributed by atoms with Crippen LogP contribution >= 0.6 is 0 Å². The molecule has 0 aromatic carbocycles. The molecule has 0 saturated carbocycles. The number of H-pyrrole nitrogens is 2. The minimum atomic E-state index is -0.231. The lowest BCUT2D eigenvalue weighted by Crippen LogP contribution is -2.46. The normalized spacial score (nSPS) is 13.6. The first-order chi connectivity index (χ1) is 8.54. The van der Waals surface area contributed by atoms with E-state index in [9.17, 15) is 9.59 Å². The molecule has 0 aliphatic rings. The number of unbranched alkanes of at least 4 members (excludes halogenated alkanes) is 3. The molecule has 0 amide bonds. The molecule has 4 nitrogen and oxygen atoms in total. The predicted molar refractivity (Wildman–Crippen MR) is 74.8 cm³/mol. The fraction of sp³-hybridized carbons (Fsp3) is 0.571. The first kappa shape index (κ1) is 14.5. The molecule has 0 aliphatic heterocycles. The fourth-order valence-electron chi connectivity index (χ4n) is 1.73. The lowest BCUT2D eigenvalue weighted by atomic mass is 10.2. The minimum Gasteiger partial charge on any atom is -0.316 e. The Kier molecular flexibility index (Phi) is 5.62. The second-order valence-electron chi connectivity index (χ2n) is 4.85. The maximum Gasteiger partial charge on any atom is 0.271 e. The molecule has 4 heteroatoms. The molecule has 1 aromatic heterocycles. The van der Waals surface area contributed by atoms with E-state index in [1.165, 1.54) is 0 Å². The van der Waals surface area contributed by atoms with Gasteiger partial charge in [0.1, 0.15) is 10.7 Å². The lowest BCUT2D eigenvalue weighted by Gasteiger charge is -1.94. The van der Waals surface area contributed by atoms with Gasteiger partial charge in [-0.25, -0.2) is 0 Å². The second kappa shape index (κ2) is 6.99. The highest BCUT2D eigenvalue weighted by molar-refractivity contribution is 5.21. The van der Waals surface area contributed by atoms with Gasteiger partial charge in [-0.2, -0.15) is 0 Å². The van der Waals surface area contributed by atoms with Gasteiger partial charge in [-0.1, -0.05) is 45.8 Å². The van der Waals surface area contributed by atoms with Gasteiger partial charge >= 0.3 is 0 Å². The zero-order valence-electron chi connectivity index (χ0n) is 11.4. The summed E-state index contributed by atoms with van der Waals surface area (Å²) < 4.78 is 0. The van der Waals surface area contributed by atoms with Crippen LogP contribution in [0.1, 0.15) is 46.5 Å². The van der Waals surface area contributed by atoms with Gasteiger partial charge in [-0.15, -0.1) is 0 Å². The Morgan fingerprint density at radius 2 is 1.67 bits per heavy atom. The maximum atomic E-state index is 11.8. The van der Waals surface area contributed by atoms with E-state index in [2.05, 4.69) is 16.9 Å². The number of hydrogen-bond donors (Lipinski definition) is 2. The number of nitrogens with one attached hydrogen (secondary N) is 2. The summed E-state index contributed by atoms with van der Waals surface area (Å²) in [5.74, 6) is 0.223. The molecule has 0 fully saturated rings. The van der Waals surface area contributed by atoms with Crippen LogP contribution in [-0.2, 0) is 0 Å². The fourth-order valence-corrected chi connectivity index (χ4v) is 1.73. The van der Waals surface area contributed by atoms with E-state index in [1.54, 1.807) is 12.2 Å². The summed E-state index contributed by atoms with van der Waals surface area (Å²) >= 11 is 0. The van der Waals surface area contributed by atoms with Crippen molar-refractivity contribution in [1.29, 1.82) is 0 Å². The van der Waals surface area contributed by atoms with Crippen molar-refractivity contribution in [2.75, 3.05) is 0 Å². The van der Waals surface area contributed by atoms with Crippen LogP contribution in [0.15, 0.2) is 9.59 Å². The SMILES string of the molecule is CCCCC/C=c1\[nH]c(=O)/c(=C/C(C)C)[nH]c1=O. The highest BCUT2D eigenvalue weighted by atomic mass is 16.1. The van der Waals surface area contributed by atoms with E-state index in [0.717, 1.165) is 25.7 Å². The monoisotopic (exact) mass is 250 g/mol. The molecule has 0 unspecified atom stereocenters. The lowest BCUT2D eigenvalue weighted by molar-refractivity contribution is 0.739. The van der Waals surface area contributed by atoms with Crippen molar-refractivity contribution in [1.82, 2.24) is 9.97 Å². The van der Waals surface area contributed by atoms with Crippen molar-refractivity contribution in [3.8, 4) is 0 Å². The standard InChI is InChI=1S/C14H22N2O2/c1-4-5-6-7-8-11-13(17)16-12(9-10(2)3)14(18)15-11/h8-10H,4-7H2,1-3H3,(H,15,18)(H,16,17)/b11-8-,12-9-. The van der Waals surface area contributed by atoms with Crippen molar-refractivity contribution in [3.05, 3.63) is 31.4 Å². The van der Waals surface area contributed by atoms with Crippen LogP contribution in [0, 0.1) is 5.92 Å². The average molecular weight is 250 g/mol. The molecule has 100 valence electrons. The van der Waals surface area contributed by atoms with Gasteiger partial charge in [0.15, 0.2) is 0 Å². The zero-order valence-corrected chi connectivity index (χ0v) is 11.4. The van der Waals surface area contributed by atoms with E-state index in [0.29, 0.717) is 10.7 Å². The second-order valence-corrected chi connectivity index (χ2v) is 4.85. The van der Waals surface area contributed by atoms with Crippen molar-refractivity contribution >= 4 is 12.2 Å². The van der Waals surface area contributed by atoms with Crippen molar-refractivity contribution < 1.29 is 0 Å². The molecule has 2 N–H and O–H groups in total. The molecule has 0 bridgehead atoms. The molecule has 1 heterocycles. The van der Waals surface area contributed by atoms with Gasteiger partial charge in [0.25, 0.3) is 11.1 Å². The van der Waals surface area contributed by atoms with Crippen LogP contribution in [0.2, 0.25) is 0 Å². The summed E-state index contributed by atoms with van der Waals surface area (Å²) in [6.45, 7) is 6.05. The van der Waals surface area contributed by atoms with E-state index >= 15 is 0 Å². The summed E-state index contributed by atoms with van der Waals surface area (Å²) in [6.07, 6.45) is 7.69.